The molecule has 0 aliphatic heterocycles. The molecule has 2 aromatic rings. The van der Waals surface area contributed by atoms with Gasteiger partial charge in [-0.25, -0.2) is 4.98 Å². The van der Waals surface area contributed by atoms with E-state index in [-0.39, 0.29) is 0 Å². The Kier molecular flexibility index (Phi) is 3.34. The Morgan fingerprint density at radius 3 is 2.73 bits per heavy atom. The highest BCUT2D eigenvalue weighted by molar-refractivity contribution is 9.10. The van der Waals surface area contributed by atoms with Gasteiger partial charge in [-0.05, 0) is 24.6 Å². The predicted molar refractivity (Wildman–Crippen MR) is 69.9 cm³/mol. The van der Waals surface area contributed by atoms with Crippen molar-refractivity contribution in [3.05, 3.63) is 50.4 Å². The molecular formula is C12H10BrNS. The first-order valence-electron chi connectivity index (χ1n) is 4.60. The third-order valence-electron chi connectivity index (χ3n) is 2.10. The van der Waals surface area contributed by atoms with E-state index in [1.54, 1.807) is 11.3 Å². The molecule has 0 saturated heterocycles. The minimum Gasteiger partial charge on any atom is -0.249 e. The van der Waals surface area contributed by atoms with Gasteiger partial charge in [0.1, 0.15) is 0 Å². The molecule has 15 heavy (non-hydrogen) atoms. The summed E-state index contributed by atoms with van der Waals surface area (Å²) in [6, 6.07) is 8.17. The average molecular weight is 280 g/mol. The zero-order valence-electron chi connectivity index (χ0n) is 8.27. The normalized spacial score (nSPS) is 11.1. The van der Waals surface area contributed by atoms with Gasteiger partial charge in [-0.2, -0.15) is 0 Å². The lowest BCUT2D eigenvalue weighted by molar-refractivity contribution is 1.26. The minimum absolute atomic E-state index is 1.09. The van der Waals surface area contributed by atoms with Gasteiger partial charge in [-0.15, -0.1) is 11.3 Å². The molecule has 0 amide bonds. The van der Waals surface area contributed by atoms with Gasteiger partial charge in [0.15, 0.2) is 0 Å². The maximum Gasteiger partial charge on any atom is 0.0801 e. The second-order valence-corrected chi connectivity index (χ2v) is 4.90. The number of rotatable bonds is 2. The van der Waals surface area contributed by atoms with Crippen molar-refractivity contribution < 1.29 is 0 Å². The molecule has 0 spiro atoms. The molecule has 2 rings (SSSR count). The van der Waals surface area contributed by atoms with E-state index < -0.39 is 0 Å². The fourth-order valence-electron chi connectivity index (χ4n) is 1.25. The van der Waals surface area contributed by atoms with E-state index in [0.29, 0.717) is 0 Å². The average Bonchev–Trinajstić information content (AvgIpc) is 2.63. The van der Waals surface area contributed by atoms with Gasteiger partial charge in [-0.1, -0.05) is 40.2 Å². The van der Waals surface area contributed by atoms with Crippen molar-refractivity contribution in [3.8, 4) is 0 Å². The molecule has 0 unspecified atom stereocenters. The highest BCUT2D eigenvalue weighted by Crippen LogP contribution is 2.20. The maximum absolute atomic E-state index is 4.21. The van der Waals surface area contributed by atoms with E-state index in [4.69, 9.17) is 0 Å². The Hall–Kier alpha value is -0.930. The highest BCUT2D eigenvalue weighted by atomic mass is 79.9. The molecule has 0 aliphatic rings. The van der Waals surface area contributed by atoms with Crippen LogP contribution >= 0.6 is 27.3 Å². The van der Waals surface area contributed by atoms with E-state index in [9.17, 15) is 0 Å². The number of hydrogen-bond donors (Lipinski definition) is 0. The van der Waals surface area contributed by atoms with Crippen LogP contribution in [0.2, 0.25) is 0 Å². The van der Waals surface area contributed by atoms with Crippen LogP contribution in [0.3, 0.4) is 0 Å². The fourth-order valence-corrected chi connectivity index (χ4v) is 2.36. The molecule has 1 heterocycles. The molecule has 3 heteroatoms. The summed E-state index contributed by atoms with van der Waals surface area (Å²) in [7, 11) is 0. The van der Waals surface area contributed by atoms with Crippen LogP contribution < -0.4 is 0 Å². The first-order chi connectivity index (χ1) is 7.27. The molecule has 0 N–H and O–H groups in total. The lowest BCUT2D eigenvalue weighted by Crippen LogP contribution is -1.75. The van der Waals surface area contributed by atoms with Crippen molar-refractivity contribution in [2.75, 3.05) is 0 Å². The molecule has 0 radical (unpaired) electrons. The number of aryl methyl sites for hydroxylation is 1. The number of nitrogens with zero attached hydrogens (tertiary/aromatic N) is 1. The van der Waals surface area contributed by atoms with E-state index in [2.05, 4.69) is 39.1 Å². The van der Waals surface area contributed by atoms with Gasteiger partial charge < -0.3 is 0 Å². The number of benzene rings is 1. The van der Waals surface area contributed by atoms with Gasteiger partial charge >= 0.3 is 0 Å². The Morgan fingerprint density at radius 2 is 2.07 bits per heavy atom. The fraction of sp³-hybridized carbons (Fsp3) is 0.0833. The summed E-state index contributed by atoms with van der Waals surface area (Å²) in [4.78, 5) is 5.42. The van der Waals surface area contributed by atoms with Crippen molar-refractivity contribution >= 4 is 39.4 Å². The number of aromatic nitrogens is 1. The monoisotopic (exact) mass is 279 g/mol. The van der Waals surface area contributed by atoms with Gasteiger partial charge in [0.25, 0.3) is 0 Å². The largest absolute Gasteiger partial charge is 0.249 e. The zero-order chi connectivity index (χ0) is 10.7. The summed E-state index contributed by atoms with van der Waals surface area (Å²) in [5.41, 5.74) is 4.14. The van der Waals surface area contributed by atoms with E-state index in [1.165, 1.54) is 10.4 Å². The third kappa shape index (κ3) is 2.55. The van der Waals surface area contributed by atoms with Gasteiger partial charge in [0.2, 0.25) is 0 Å². The number of thiazole rings is 1. The molecule has 1 nitrogen and oxygen atoms in total. The molecule has 0 aliphatic carbocycles. The minimum atomic E-state index is 1.09. The van der Waals surface area contributed by atoms with Crippen molar-refractivity contribution in [2.24, 2.45) is 0 Å². The molecule has 76 valence electrons. The second kappa shape index (κ2) is 4.73. The molecule has 1 aromatic heterocycles. The highest BCUT2D eigenvalue weighted by Gasteiger charge is 1.97. The summed E-state index contributed by atoms with van der Waals surface area (Å²) in [6.45, 7) is 2.02. The summed E-state index contributed by atoms with van der Waals surface area (Å²) in [5.74, 6) is 0. The van der Waals surface area contributed by atoms with Crippen LogP contribution in [-0.2, 0) is 0 Å². The molecule has 0 bridgehead atoms. The van der Waals surface area contributed by atoms with Crippen molar-refractivity contribution in [1.82, 2.24) is 4.98 Å². The van der Waals surface area contributed by atoms with E-state index in [1.807, 2.05) is 30.6 Å². The summed E-state index contributed by atoms with van der Waals surface area (Å²) < 4.78 is 1.11. The van der Waals surface area contributed by atoms with Crippen molar-refractivity contribution in [1.29, 1.82) is 0 Å². The SMILES string of the molecule is Cc1ncsc1C=Cc1ccccc1Br. The standard InChI is InChI=1S/C12H10BrNS/c1-9-12(15-8-14-9)7-6-10-4-2-3-5-11(10)13/h2-8H,1H3. The van der Waals surface area contributed by atoms with Crippen molar-refractivity contribution in [2.45, 2.75) is 6.92 Å². The van der Waals surface area contributed by atoms with Crippen molar-refractivity contribution in [3.63, 3.8) is 0 Å². The van der Waals surface area contributed by atoms with Crippen LogP contribution in [0.4, 0.5) is 0 Å². The topological polar surface area (TPSA) is 12.9 Å². The first kappa shape index (κ1) is 10.6. The summed E-state index contributed by atoms with van der Waals surface area (Å²) >= 11 is 5.18. The summed E-state index contributed by atoms with van der Waals surface area (Å²) in [5, 5.41) is 0. The van der Waals surface area contributed by atoms with Crippen LogP contribution in [-0.4, -0.2) is 4.98 Å². The molecule has 0 fully saturated rings. The lowest BCUT2D eigenvalue weighted by Gasteiger charge is -1.96. The second-order valence-electron chi connectivity index (χ2n) is 3.16. The predicted octanol–water partition coefficient (Wildman–Crippen LogP) is 4.38. The Balaban J connectivity index is 2.26. The van der Waals surface area contributed by atoms with E-state index in [0.717, 1.165) is 10.2 Å². The number of hydrogen-bond acceptors (Lipinski definition) is 2. The quantitative estimate of drug-likeness (QED) is 0.795. The van der Waals surface area contributed by atoms with Crippen LogP contribution in [0.5, 0.6) is 0 Å². The lowest BCUT2D eigenvalue weighted by atomic mass is 10.2. The van der Waals surface area contributed by atoms with Crippen LogP contribution in [0.1, 0.15) is 16.1 Å². The van der Waals surface area contributed by atoms with Crippen LogP contribution in [0.15, 0.2) is 34.2 Å². The third-order valence-corrected chi connectivity index (χ3v) is 3.72. The van der Waals surface area contributed by atoms with E-state index >= 15 is 0 Å². The molecular weight excluding hydrogens is 270 g/mol. The smallest absolute Gasteiger partial charge is 0.0801 e. The first-order valence-corrected chi connectivity index (χ1v) is 6.27. The maximum atomic E-state index is 4.21. The van der Waals surface area contributed by atoms with Gasteiger partial charge in [0.05, 0.1) is 11.2 Å². The zero-order valence-corrected chi connectivity index (χ0v) is 10.7. The number of halogens is 1. The Bertz CT molecular complexity index is 488. The summed E-state index contributed by atoms with van der Waals surface area (Å²) in [6.07, 6.45) is 4.21. The molecule has 0 atom stereocenters. The Labute approximate surface area is 102 Å². The van der Waals surface area contributed by atoms with Gasteiger partial charge in [-0.3, -0.25) is 0 Å². The van der Waals surface area contributed by atoms with Crippen LogP contribution in [0, 0.1) is 6.92 Å². The molecule has 1 aromatic carbocycles. The Morgan fingerprint density at radius 1 is 1.27 bits per heavy atom. The van der Waals surface area contributed by atoms with Crippen LogP contribution in [0.25, 0.3) is 12.2 Å². The molecule has 0 saturated carbocycles. The van der Waals surface area contributed by atoms with Gasteiger partial charge in [0, 0.05) is 9.35 Å².